The van der Waals surface area contributed by atoms with E-state index in [2.05, 4.69) is 27.7 Å². The highest BCUT2D eigenvalue weighted by Gasteiger charge is 2.30. The summed E-state index contributed by atoms with van der Waals surface area (Å²) in [5.74, 6) is 1.20. The number of urea groups is 1. The van der Waals surface area contributed by atoms with Gasteiger partial charge in [-0.1, -0.05) is 48.5 Å². The third-order valence-electron chi connectivity index (χ3n) is 6.17. The summed E-state index contributed by atoms with van der Waals surface area (Å²) < 4.78 is 5.43. The van der Waals surface area contributed by atoms with Gasteiger partial charge in [0.1, 0.15) is 0 Å². The lowest BCUT2D eigenvalue weighted by Crippen LogP contribution is -2.42. The van der Waals surface area contributed by atoms with Gasteiger partial charge in [0.2, 0.25) is 5.95 Å². The molecule has 5 rings (SSSR count). The molecular weight excluding hydrogens is 428 g/mol. The predicted octanol–water partition coefficient (Wildman–Crippen LogP) is 3.56. The standard InChI is InChI=1S/C26H30N6O2/c33-26-28-19-22-23(18-20-8-3-1-4-9-20)29-25(27-12-7-13-31-14-16-34-17-15-31)30-24(22)32(26)21-10-5-2-6-11-21/h1-6,8-11H,7,12-19H2,(H,28,33)(H,27,29,30). The fraction of sp³-hybridized carbons (Fsp3) is 0.346. The molecule has 8 heteroatoms. The molecule has 2 amide bonds. The van der Waals surface area contributed by atoms with E-state index in [0.717, 1.165) is 62.8 Å². The molecule has 3 heterocycles. The number of anilines is 3. The van der Waals surface area contributed by atoms with E-state index >= 15 is 0 Å². The monoisotopic (exact) mass is 458 g/mol. The Kier molecular flexibility index (Phi) is 6.97. The minimum atomic E-state index is -0.179. The molecule has 34 heavy (non-hydrogen) atoms. The van der Waals surface area contributed by atoms with Gasteiger partial charge in [0, 0.05) is 31.6 Å². The topological polar surface area (TPSA) is 82.6 Å². The summed E-state index contributed by atoms with van der Waals surface area (Å²) in [5, 5.41) is 6.40. The van der Waals surface area contributed by atoms with Crippen molar-refractivity contribution in [2.75, 3.05) is 49.6 Å². The second-order valence-corrected chi connectivity index (χ2v) is 8.52. The molecule has 0 spiro atoms. The quantitative estimate of drug-likeness (QED) is 0.503. The Bertz CT molecular complexity index is 1100. The number of nitrogens with zero attached hydrogens (tertiary/aromatic N) is 4. The molecule has 176 valence electrons. The van der Waals surface area contributed by atoms with Crippen LogP contribution in [-0.2, 0) is 17.7 Å². The average Bonchev–Trinajstić information content (AvgIpc) is 2.88. The first-order chi connectivity index (χ1) is 16.8. The lowest BCUT2D eigenvalue weighted by Gasteiger charge is -2.30. The molecule has 2 N–H and O–H groups in total. The van der Waals surface area contributed by atoms with E-state index in [1.807, 2.05) is 48.5 Å². The second-order valence-electron chi connectivity index (χ2n) is 8.52. The first-order valence-corrected chi connectivity index (χ1v) is 11.9. The van der Waals surface area contributed by atoms with Crippen molar-refractivity contribution < 1.29 is 9.53 Å². The highest BCUT2D eigenvalue weighted by Crippen LogP contribution is 2.33. The molecule has 0 saturated carbocycles. The summed E-state index contributed by atoms with van der Waals surface area (Å²) in [4.78, 5) is 26.7. The van der Waals surface area contributed by atoms with Gasteiger partial charge in [0.25, 0.3) is 0 Å². The van der Waals surface area contributed by atoms with Gasteiger partial charge in [-0.05, 0) is 30.7 Å². The first-order valence-electron chi connectivity index (χ1n) is 11.9. The van der Waals surface area contributed by atoms with Gasteiger partial charge in [0.15, 0.2) is 5.82 Å². The van der Waals surface area contributed by atoms with Crippen LogP contribution in [0.15, 0.2) is 60.7 Å². The summed E-state index contributed by atoms with van der Waals surface area (Å²) in [6.07, 6.45) is 1.66. The van der Waals surface area contributed by atoms with Crippen LogP contribution in [0.3, 0.4) is 0 Å². The molecular formula is C26H30N6O2. The molecule has 0 atom stereocenters. The van der Waals surface area contributed by atoms with E-state index in [-0.39, 0.29) is 6.03 Å². The zero-order chi connectivity index (χ0) is 23.2. The fourth-order valence-electron chi connectivity index (χ4n) is 4.38. The van der Waals surface area contributed by atoms with Crippen molar-refractivity contribution in [3.05, 3.63) is 77.5 Å². The Labute approximate surface area is 200 Å². The van der Waals surface area contributed by atoms with Crippen LogP contribution in [0, 0.1) is 0 Å². The van der Waals surface area contributed by atoms with Crippen LogP contribution < -0.4 is 15.5 Å². The van der Waals surface area contributed by atoms with Gasteiger partial charge < -0.3 is 15.4 Å². The minimum absolute atomic E-state index is 0.179. The number of benzene rings is 2. The Morgan fingerprint density at radius 2 is 1.71 bits per heavy atom. The molecule has 0 radical (unpaired) electrons. The van der Waals surface area contributed by atoms with E-state index in [1.54, 1.807) is 4.90 Å². The van der Waals surface area contributed by atoms with Crippen LogP contribution in [0.25, 0.3) is 0 Å². The maximum absolute atomic E-state index is 12.9. The molecule has 2 aliphatic rings. The highest BCUT2D eigenvalue weighted by atomic mass is 16.5. The maximum atomic E-state index is 12.9. The van der Waals surface area contributed by atoms with Crippen molar-refractivity contribution >= 4 is 23.5 Å². The Morgan fingerprint density at radius 3 is 2.47 bits per heavy atom. The number of rotatable bonds is 8. The number of nitrogens with one attached hydrogen (secondary N) is 2. The van der Waals surface area contributed by atoms with E-state index in [1.165, 1.54) is 5.56 Å². The number of aromatic nitrogens is 2. The Balaban J connectivity index is 1.41. The number of morpholine rings is 1. The number of hydrogen-bond acceptors (Lipinski definition) is 6. The first kappa shape index (κ1) is 22.3. The summed E-state index contributed by atoms with van der Waals surface area (Å²) in [6, 6.07) is 19.7. The third-order valence-corrected chi connectivity index (χ3v) is 6.17. The lowest BCUT2D eigenvalue weighted by molar-refractivity contribution is 0.0378. The Hall–Kier alpha value is -3.49. The van der Waals surface area contributed by atoms with Crippen LogP contribution >= 0.6 is 0 Å². The van der Waals surface area contributed by atoms with Crippen LogP contribution in [-0.4, -0.2) is 60.3 Å². The van der Waals surface area contributed by atoms with Crippen LogP contribution in [0.2, 0.25) is 0 Å². The molecule has 0 bridgehead atoms. The van der Waals surface area contributed by atoms with Crippen molar-refractivity contribution in [3.63, 3.8) is 0 Å². The van der Waals surface area contributed by atoms with Gasteiger partial charge in [-0.25, -0.2) is 14.7 Å². The molecule has 2 aromatic carbocycles. The van der Waals surface area contributed by atoms with E-state index in [0.29, 0.717) is 24.7 Å². The lowest BCUT2D eigenvalue weighted by atomic mass is 10.0. The predicted molar refractivity (Wildman–Crippen MR) is 132 cm³/mol. The number of ether oxygens (including phenoxy) is 1. The van der Waals surface area contributed by atoms with Crippen molar-refractivity contribution in [2.45, 2.75) is 19.4 Å². The van der Waals surface area contributed by atoms with Gasteiger partial charge in [-0.15, -0.1) is 0 Å². The molecule has 8 nitrogen and oxygen atoms in total. The fourth-order valence-corrected chi connectivity index (χ4v) is 4.38. The highest BCUT2D eigenvalue weighted by molar-refractivity contribution is 6.01. The van der Waals surface area contributed by atoms with Crippen LogP contribution in [0.5, 0.6) is 0 Å². The number of carbonyl (C=O) groups is 1. The zero-order valence-corrected chi connectivity index (χ0v) is 19.2. The maximum Gasteiger partial charge on any atom is 0.327 e. The smallest absolute Gasteiger partial charge is 0.327 e. The summed E-state index contributed by atoms with van der Waals surface area (Å²) in [6.45, 7) is 5.77. The normalized spacial score (nSPS) is 16.1. The number of hydrogen-bond donors (Lipinski definition) is 2. The molecule has 1 aromatic heterocycles. The summed E-state index contributed by atoms with van der Waals surface area (Å²) in [7, 11) is 0. The summed E-state index contributed by atoms with van der Waals surface area (Å²) >= 11 is 0. The Morgan fingerprint density at radius 1 is 0.971 bits per heavy atom. The van der Waals surface area contributed by atoms with Gasteiger partial charge in [-0.3, -0.25) is 4.90 Å². The van der Waals surface area contributed by atoms with Crippen molar-refractivity contribution in [1.82, 2.24) is 20.2 Å². The number of carbonyl (C=O) groups excluding carboxylic acids is 1. The van der Waals surface area contributed by atoms with E-state index < -0.39 is 0 Å². The third kappa shape index (κ3) is 5.18. The van der Waals surface area contributed by atoms with Gasteiger partial charge >= 0.3 is 6.03 Å². The SMILES string of the molecule is O=C1NCc2c(Cc3ccccc3)nc(NCCCN3CCOCC3)nc2N1c1ccccc1. The summed E-state index contributed by atoms with van der Waals surface area (Å²) in [5.41, 5.74) is 3.83. The molecule has 0 unspecified atom stereocenters. The molecule has 2 aliphatic heterocycles. The molecule has 1 fully saturated rings. The second kappa shape index (κ2) is 10.6. The average molecular weight is 459 g/mol. The van der Waals surface area contributed by atoms with Gasteiger partial charge in [-0.2, -0.15) is 4.98 Å². The van der Waals surface area contributed by atoms with Crippen LogP contribution in [0.4, 0.5) is 22.2 Å². The number of amides is 2. The number of para-hydroxylation sites is 1. The van der Waals surface area contributed by atoms with Gasteiger partial charge in [0.05, 0.1) is 31.1 Å². The molecule has 3 aromatic rings. The van der Waals surface area contributed by atoms with E-state index in [9.17, 15) is 4.79 Å². The molecule has 0 aliphatic carbocycles. The van der Waals surface area contributed by atoms with Crippen LogP contribution in [0.1, 0.15) is 23.2 Å². The number of fused-ring (bicyclic) bond motifs is 1. The largest absolute Gasteiger partial charge is 0.379 e. The van der Waals surface area contributed by atoms with Crippen molar-refractivity contribution in [2.24, 2.45) is 0 Å². The minimum Gasteiger partial charge on any atom is -0.379 e. The van der Waals surface area contributed by atoms with Crippen molar-refractivity contribution in [1.29, 1.82) is 0 Å². The molecule has 1 saturated heterocycles. The van der Waals surface area contributed by atoms with Crippen molar-refractivity contribution in [3.8, 4) is 0 Å². The zero-order valence-electron chi connectivity index (χ0n) is 19.2. The van der Waals surface area contributed by atoms with E-state index in [4.69, 9.17) is 14.7 Å².